The Hall–Kier alpha value is -1.88. The predicted octanol–water partition coefficient (Wildman–Crippen LogP) is 1.72. The summed E-state index contributed by atoms with van der Waals surface area (Å²) in [4.78, 5) is 14.3. The third-order valence-corrected chi connectivity index (χ3v) is 3.33. The Morgan fingerprint density at radius 3 is 2.40 bits per heavy atom. The van der Waals surface area contributed by atoms with E-state index in [4.69, 9.17) is 0 Å². The van der Waals surface area contributed by atoms with E-state index in [1.807, 2.05) is 31.1 Å². The van der Waals surface area contributed by atoms with Gasteiger partial charge in [-0.3, -0.25) is 0 Å². The zero-order valence-corrected chi connectivity index (χ0v) is 12.6. The van der Waals surface area contributed by atoms with Crippen LogP contribution in [0, 0.1) is 0 Å². The van der Waals surface area contributed by atoms with Gasteiger partial charge in [0.15, 0.2) is 0 Å². The van der Waals surface area contributed by atoms with Gasteiger partial charge in [-0.2, -0.15) is 5.10 Å². The van der Waals surface area contributed by atoms with Crippen molar-refractivity contribution < 1.29 is 0 Å². The second-order valence-corrected chi connectivity index (χ2v) is 5.56. The number of nitrogens with zero attached hydrogens (tertiary/aromatic N) is 4. The van der Waals surface area contributed by atoms with Crippen LogP contribution in [0.15, 0.2) is 35.4 Å². The summed E-state index contributed by atoms with van der Waals surface area (Å²) in [6, 6.07) is 8.05. The fourth-order valence-electron chi connectivity index (χ4n) is 1.98. The molecule has 1 aromatic carbocycles. The quantitative estimate of drug-likeness (QED) is 0.834. The van der Waals surface area contributed by atoms with E-state index in [9.17, 15) is 4.79 Å². The molecule has 0 saturated carbocycles. The van der Waals surface area contributed by atoms with E-state index in [-0.39, 0.29) is 5.69 Å². The molecule has 0 aliphatic heterocycles. The molecule has 20 heavy (non-hydrogen) atoms. The highest BCUT2D eigenvalue weighted by Crippen LogP contribution is 2.15. The molecule has 0 aliphatic rings. The molecule has 0 atom stereocenters. The Kier molecular flexibility index (Phi) is 4.39. The van der Waals surface area contributed by atoms with Crippen molar-refractivity contribution in [2.45, 2.75) is 26.3 Å². The molecule has 2 aromatic rings. The molecular formula is C15H22N4O. The summed E-state index contributed by atoms with van der Waals surface area (Å²) in [6.07, 6.45) is 1.59. The minimum absolute atomic E-state index is 0.0934. The standard InChI is InChI=1S/C15H22N4O/c1-12(2)13-5-7-14(8-6-13)18-11-16-19(15(18)20)10-9-17(3)4/h5-8,11-12H,9-10H2,1-4H3. The van der Waals surface area contributed by atoms with Crippen molar-refractivity contribution >= 4 is 0 Å². The van der Waals surface area contributed by atoms with Crippen LogP contribution in [-0.2, 0) is 6.54 Å². The second-order valence-electron chi connectivity index (χ2n) is 5.56. The Morgan fingerprint density at radius 1 is 1.20 bits per heavy atom. The van der Waals surface area contributed by atoms with E-state index in [0.29, 0.717) is 12.5 Å². The van der Waals surface area contributed by atoms with Crippen LogP contribution in [0.5, 0.6) is 0 Å². The number of benzene rings is 1. The molecule has 0 fully saturated rings. The van der Waals surface area contributed by atoms with Crippen LogP contribution in [0.3, 0.4) is 0 Å². The van der Waals surface area contributed by atoms with Crippen molar-refractivity contribution in [3.63, 3.8) is 0 Å². The van der Waals surface area contributed by atoms with Crippen LogP contribution in [0.1, 0.15) is 25.3 Å². The van der Waals surface area contributed by atoms with Crippen LogP contribution in [0.25, 0.3) is 5.69 Å². The van der Waals surface area contributed by atoms with Crippen LogP contribution in [-0.4, -0.2) is 39.9 Å². The third kappa shape index (κ3) is 3.17. The lowest BCUT2D eigenvalue weighted by Crippen LogP contribution is -2.28. The Morgan fingerprint density at radius 2 is 1.85 bits per heavy atom. The number of hydrogen-bond acceptors (Lipinski definition) is 3. The van der Waals surface area contributed by atoms with Gasteiger partial charge in [0.1, 0.15) is 6.33 Å². The van der Waals surface area contributed by atoms with Gasteiger partial charge in [-0.05, 0) is 37.7 Å². The van der Waals surface area contributed by atoms with Gasteiger partial charge in [-0.1, -0.05) is 26.0 Å². The van der Waals surface area contributed by atoms with Crippen molar-refractivity contribution in [1.82, 2.24) is 19.2 Å². The number of aromatic nitrogens is 3. The van der Waals surface area contributed by atoms with Gasteiger partial charge in [0.25, 0.3) is 0 Å². The van der Waals surface area contributed by atoms with E-state index >= 15 is 0 Å². The molecule has 0 bridgehead atoms. The molecule has 5 heteroatoms. The first-order valence-electron chi connectivity index (χ1n) is 6.88. The minimum atomic E-state index is -0.0934. The summed E-state index contributed by atoms with van der Waals surface area (Å²) in [5, 5.41) is 4.16. The first-order chi connectivity index (χ1) is 9.49. The lowest BCUT2D eigenvalue weighted by Gasteiger charge is -2.08. The third-order valence-electron chi connectivity index (χ3n) is 3.33. The second kappa shape index (κ2) is 6.05. The van der Waals surface area contributed by atoms with Crippen molar-refractivity contribution in [2.75, 3.05) is 20.6 Å². The summed E-state index contributed by atoms with van der Waals surface area (Å²) in [5.41, 5.74) is 2.03. The number of hydrogen-bond donors (Lipinski definition) is 0. The minimum Gasteiger partial charge on any atom is -0.308 e. The van der Waals surface area contributed by atoms with E-state index in [1.54, 1.807) is 10.9 Å². The van der Waals surface area contributed by atoms with Gasteiger partial charge in [0, 0.05) is 6.54 Å². The molecule has 108 valence electrons. The molecule has 0 unspecified atom stereocenters. The normalized spacial score (nSPS) is 11.5. The van der Waals surface area contributed by atoms with Crippen molar-refractivity contribution in [3.8, 4) is 5.69 Å². The summed E-state index contributed by atoms with van der Waals surface area (Å²) < 4.78 is 3.08. The molecule has 0 N–H and O–H groups in total. The lowest BCUT2D eigenvalue weighted by molar-refractivity contribution is 0.369. The van der Waals surface area contributed by atoms with Gasteiger partial charge in [0.2, 0.25) is 0 Å². The maximum Gasteiger partial charge on any atom is 0.350 e. The van der Waals surface area contributed by atoms with Gasteiger partial charge in [0.05, 0.1) is 12.2 Å². The highest BCUT2D eigenvalue weighted by molar-refractivity contribution is 5.35. The number of likely N-dealkylation sites (N-methyl/N-ethyl adjacent to an activating group) is 1. The average molecular weight is 274 g/mol. The first-order valence-corrected chi connectivity index (χ1v) is 6.88. The van der Waals surface area contributed by atoms with Crippen molar-refractivity contribution in [2.24, 2.45) is 0 Å². The van der Waals surface area contributed by atoms with E-state index in [2.05, 4.69) is 31.1 Å². The lowest BCUT2D eigenvalue weighted by atomic mass is 10.0. The van der Waals surface area contributed by atoms with E-state index in [0.717, 1.165) is 12.2 Å². The van der Waals surface area contributed by atoms with Crippen molar-refractivity contribution in [3.05, 3.63) is 46.6 Å². The molecular weight excluding hydrogens is 252 g/mol. The predicted molar refractivity (Wildman–Crippen MR) is 80.5 cm³/mol. The molecule has 1 aromatic heterocycles. The molecule has 0 spiro atoms. The highest BCUT2D eigenvalue weighted by atomic mass is 16.2. The van der Waals surface area contributed by atoms with Crippen LogP contribution >= 0.6 is 0 Å². The van der Waals surface area contributed by atoms with E-state index < -0.39 is 0 Å². The van der Waals surface area contributed by atoms with Gasteiger partial charge in [-0.25, -0.2) is 14.0 Å². The molecule has 0 saturated heterocycles. The maximum atomic E-state index is 12.2. The molecule has 0 radical (unpaired) electrons. The van der Waals surface area contributed by atoms with Crippen molar-refractivity contribution in [1.29, 1.82) is 0 Å². The topological polar surface area (TPSA) is 43.1 Å². The van der Waals surface area contributed by atoms with Crippen LogP contribution < -0.4 is 5.69 Å². The van der Waals surface area contributed by atoms with Crippen LogP contribution in [0.4, 0.5) is 0 Å². The zero-order chi connectivity index (χ0) is 14.7. The SMILES string of the molecule is CC(C)c1ccc(-n2cnn(CCN(C)C)c2=O)cc1. The van der Waals surface area contributed by atoms with Crippen LogP contribution in [0.2, 0.25) is 0 Å². The Bertz CT molecular complexity index is 608. The van der Waals surface area contributed by atoms with Gasteiger partial charge >= 0.3 is 5.69 Å². The summed E-state index contributed by atoms with van der Waals surface area (Å²) in [5.74, 6) is 0.489. The monoisotopic (exact) mass is 274 g/mol. The Labute approximate surface area is 119 Å². The maximum absolute atomic E-state index is 12.2. The molecule has 0 aliphatic carbocycles. The smallest absolute Gasteiger partial charge is 0.308 e. The molecule has 0 amide bonds. The summed E-state index contributed by atoms with van der Waals surface area (Å²) in [7, 11) is 3.96. The zero-order valence-electron chi connectivity index (χ0n) is 12.6. The number of rotatable bonds is 5. The van der Waals surface area contributed by atoms with Gasteiger partial charge < -0.3 is 4.90 Å². The average Bonchev–Trinajstić information content (AvgIpc) is 2.78. The molecule has 5 nitrogen and oxygen atoms in total. The molecule has 1 heterocycles. The largest absolute Gasteiger partial charge is 0.350 e. The highest BCUT2D eigenvalue weighted by Gasteiger charge is 2.07. The fourth-order valence-corrected chi connectivity index (χ4v) is 1.98. The Balaban J connectivity index is 2.23. The van der Waals surface area contributed by atoms with E-state index in [1.165, 1.54) is 10.2 Å². The molecule has 2 rings (SSSR count). The fraction of sp³-hybridized carbons (Fsp3) is 0.467. The summed E-state index contributed by atoms with van der Waals surface area (Å²) in [6.45, 7) is 5.70. The van der Waals surface area contributed by atoms with Gasteiger partial charge in [-0.15, -0.1) is 0 Å². The first kappa shape index (κ1) is 14.5. The summed E-state index contributed by atoms with van der Waals surface area (Å²) >= 11 is 0.